The summed E-state index contributed by atoms with van der Waals surface area (Å²) >= 11 is 0. The van der Waals surface area contributed by atoms with E-state index in [1.807, 2.05) is 30.3 Å². The molecule has 1 aromatic carbocycles. The molecule has 0 aliphatic carbocycles. The number of halogens is 2. The second-order valence-corrected chi connectivity index (χ2v) is 4.94. The van der Waals surface area contributed by atoms with Crippen molar-refractivity contribution in [2.75, 3.05) is 20.2 Å². The Balaban J connectivity index is 2.06. The van der Waals surface area contributed by atoms with E-state index in [-0.39, 0.29) is 6.54 Å². The molecule has 19 heavy (non-hydrogen) atoms. The summed E-state index contributed by atoms with van der Waals surface area (Å²) in [6, 6.07) is 9.40. The Labute approximate surface area is 111 Å². The minimum atomic E-state index is -2.84. The number of rotatable bonds is 3. The van der Waals surface area contributed by atoms with E-state index < -0.39 is 24.2 Å². The normalized spacial score (nSPS) is 23.0. The summed E-state index contributed by atoms with van der Waals surface area (Å²) in [4.78, 5) is 13.1. The zero-order valence-corrected chi connectivity index (χ0v) is 10.8. The molecule has 3 nitrogen and oxygen atoms in total. The number of alkyl halides is 2. The Morgan fingerprint density at radius 3 is 2.74 bits per heavy atom. The number of carbonyl (C=O) groups is 1. The van der Waals surface area contributed by atoms with E-state index in [2.05, 4.69) is 4.74 Å². The molecular formula is C14H17F2NO2. The summed E-state index contributed by atoms with van der Waals surface area (Å²) in [5.41, 5.74) is 0.962. The third kappa shape index (κ3) is 3.73. The van der Waals surface area contributed by atoms with Crippen molar-refractivity contribution in [1.29, 1.82) is 0 Å². The molecular weight excluding hydrogens is 252 g/mol. The van der Waals surface area contributed by atoms with E-state index >= 15 is 0 Å². The van der Waals surface area contributed by atoms with Crippen molar-refractivity contribution in [2.24, 2.45) is 5.92 Å². The average Bonchev–Trinajstić information content (AvgIpc) is 2.37. The molecule has 0 amide bonds. The third-order valence-electron chi connectivity index (χ3n) is 3.26. The number of ether oxygens (including phenoxy) is 1. The molecule has 0 unspecified atom stereocenters. The fourth-order valence-corrected chi connectivity index (χ4v) is 2.48. The topological polar surface area (TPSA) is 29.5 Å². The van der Waals surface area contributed by atoms with E-state index in [0.29, 0.717) is 13.1 Å². The quantitative estimate of drug-likeness (QED) is 0.789. The monoisotopic (exact) mass is 269 g/mol. The van der Waals surface area contributed by atoms with Crippen LogP contribution >= 0.6 is 0 Å². The van der Waals surface area contributed by atoms with Gasteiger partial charge in [0.15, 0.2) is 0 Å². The fraction of sp³-hybridized carbons (Fsp3) is 0.500. The van der Waals surface area contributed by atoms with E-state index in [1.165, 1.54) is 7.11 Å². The Hall–Kier alpha value is -1.49. The van der Waals surface area contributed by atoms with E-state index in [9.17, 15) is 13.6 Å². The van der Waals surface area contributed by atoms with Crippen molar-refractivity contribution in [1.82, 2.24) is 4.90 Å². The molecule has 0 radical (unpaired) electrons. The number of methoxy groups -OCH3 is 1. The van der Waals surface area contributed by atoms with Gasteiger partial charge < -0.3 is 4.74 Å². The Kier molecular flexibility index (Phi) is 4.14. The van der Waals surface area contributed by atoms with Crippen molar-refractivity contribution in [3.63, 3.8) is 0 Å². The highest BCUT2D eigenvalue weighted by Crippen LogP contribution is 2.31. The van der Waals surface area contributed by atoms with Gasteiger partial charge in [-0.05, 0) is 5.56 Å². The first-order chi connectivity index (χ1) is 9.00. The first-order valence-corrected chi connectivity index (χ1v) is 6.22. The first kappa shape index (κ1) is 13.9. The smallest absolute Gasteiger partial charge is 0.310 e. The Morgan fingerprint density at radius 2 is 2.11 bits per heavy atom. The molecule has 1 aliphatic rings. The molecule has 2 rings (SSSR count). The van der Waals surface area contributed by atoms with Crippen LogP contribution in [0.25, 0.3) is 0 Å². The van der Waals surface area contributed by atoms with Crippen LogP contribution in [0.5, 0.6) is 0 Å². The van der Waals surface area contributed by atoms with Crippen molar-refractivity contribution in [3.05, 3.63) is 35.9 Å². The molecule has 5 heteroatoms. The van der Waals surface area contributed by atoms with Gasteiger partial charge in [-0.25, -0.2) is 8.78 Å². The highest BCUT2D eigenvalue weighted by atomic mass is 19.3. The molecule has 1 fully saturated rings. The number of nitrogens with zero attached hydrogens (tertiary/aromatic N) is 1. The van der Waals surface area contributed by atoms with Crippen LogP contribution in [-0.4, -0.2) is 37.0 Å². The summed E-state index contributed by atoms with van der Waals surface area (Å²) in [7, 11) is 1.23. The minimum absolute atomic E-state index is 0.310. The number of esters is 1. The first-order valence-electron chi connectivity index (χ1n) is 6.22. The number of hydrogen-bond donors (Lipinski definition) is 0. The van der Waals surface area contributed by atoms with Crippen molar-refractivity contribution in [2.45, 2.75) is 18.9 Å². The van der Waals surface area contributed by atoms with Gasteiger partial charge in [-0.1, -0.05) is 30.3 Å². The second-order valence-electron chi connectivity index (χ2n) is 4.94. The summed E-state index contributed by atoms with van der Waals surface area (Å²) in [5.74, 6) is -4.15. The SMILES string of the molecule is COC(=O)[C@@H]1CN(Cc2ccccc2)CC(F)(F)C1. The summed E-state index contributed by atoms with van der Waals surface area (Å²) < 4.78 is 31.9. The van der Waals surface area contributed by atoms with E-state index in [4.69, 9.17) is 0 Å². The maximum absolute atomic E-state index is 13.7. The molecule has 1 atom stereocenters. The fourth-order valence-electron chi connectivity index (χ4n) is 2.48. The maximum atomic E-state index is 13.7. The molecule has 1 aromatic rings. The highest BCUT2D eigenvalue weighted by molar-refractivity contribution is 5.72. The van der Waals surface area contributed by atoms with Gasteiger partial charge in [-0.2, -0.15) is 0 Å². The van der Waals surface area contributed by atoms with Gasteiger partial charge in [0.25, 0.3) is 5.92 Å². The van der Waals surface area contributed by atoms with Crippen molar-refractivity contribution in [3.8, 4) is 0 Å². The standard InChI is InChI=1S/C14H17F2NO2/c1-19-13(18)12-7-14(15,16)10-17(9-12)8-11-5-3-2-4-6-11/h2-6,12H,7-10H2,1H3/t12-/m0/s1. The summed E-state index contributed by atoms with van der Waals surface area (Å²) in [6.45, 7) is 0.427. The van der Waals surface area contributed by atoms with Gasteiger partial charge in [0.2, 0.25) is 0 Å². The number of piperidine rings is 1. The van der Waals surface area contributed by atoms with Crippen molar-refractivity contribution >= 4 is 5.97 Å². The lowest BCUT2D eigenvalue weighted by molar-refractivity contribution is -0.157. The largest absolute Gasteiger partial charge is 0.469 e. The van der Waals surface area contributed by atoms with E-state index in [1.54, 1.807) is 4.90 Å². The lowest BCUT2D eigenvalue weighted by Gasteiger charge is -2.36. The van der Waals surface area contributed by atoms with Gasteiger partial charge in [-0.15, -0.1) is 0 Å². The third-order valence-corrected chi connectivity index (χ3v) is 3.26. The van der Waals surface area contributed by atoms with Crippen LogP contribution in [0.3, 0.4) is 0 Å². The molecule has 1 heterocycles. The lowest BCUT2D eigenvalue weighted by Crippen LogP contribution is -2.48. The lowest BCUT2D eigenvalue weighted by atomic mass is 9.95. The van der Waals surface area contributed by atoms with Crippen molar-refractivity contribution < 1.29 is 18.3 Å². The van der Waals surface area contributed by atoms with Gasteiger partial charge in [0.05, 0.1) is 19.6 Å². The summed E-state index contributed by atoms with van der Waals surface area (Å²) in [6.07, 6.45) is -0.426. The van der Waals surface area contributed by atoms with Crippen LogP contribution in [0.4, 0.5) is 8.78 Å². The van der Waals surface area contributed by atoms with Gasteiger partial charge >= 0.3 is 5.97 Å². The minimum Gasteiger partial charge on any atom is -0.469 e. The Morgan fingerprint density at radius 1 is 1.42 bits per heavy atom. The van der Waals surface area contributed by atoms with Crippen LogP contribution in [0.15, 0.2) is 30.3 Å². The number of likely N-dealkylation sites (tertiary alicyclic amines) is 1. The second kappa shape index (κ2) is 5.65. The molecule has 1 saturated heterocycles. The van der Waals surface area contributed by atoms with Crippen LogP contribution in [-0.2, 0) is 16.1 Å². The van der Waals surface area contributed by atoms with Crippen LogP contribution in [0.1, 0.15) is 12.0 Å². The molecule has 0 N–H and O–H groups in total. The van der Waals surface area contributed by atoms with Crippen LogP contribution in [0.2, 0.25) is 0 Å². The summed E-state index contributed by atoms with van der Waals surface area (Å²) in [5, 5.41) is 0. The number of carbonyl (C=O) groups excluding carboxylic acids is 1. The molecule has 1 aliphatic heterocycles. The molecule has 0 saturated carbocycles. The van der Waals surface area contributed by atoms with Crippen LogP contribution < -0.4 is 0 Å². The molecule has 0 bridgehead atoms. The van der Waals surface area contributed by atoms with Gasteiger partial charge in [0.1, 0.15) is 0 Å². The number of hydrogen-bond acceptors (Lipinski definition) is 3. The number of benzene rings is 1. The highest BCUT2D eigenvalue weighted by Gasteiger charge is 2.43. The molecule has 104 valence electrons. The zero-order chi connectivity index (χ0) is 13.9. The zero-order valence-electron chi connectivity index (χ0n) is 10.8. The van der Waals surface area contributed by atoms with Gasteiger partial charge in [-0.3, -0.25) is 9.69 Å². The average molecular weight is 269 g/mol. The maximum Gasteiger partial charge on any atom is 0.310 e. The van der Waals surface area contributed by atoms with E-state index in [0.717, 1.165) is 5.56 Å². The van der Waals surface area contributed by atoms with Gasteiger partial charge in [0, 0.05) is 19.5 Å². The Bertz CT molecular complexity index is 436. The predicted molar refractivity (Wildman–Crippen MR) is 66.8 cm³/mol. The van der Waals surface area contributed by atoms with Crippen LogP contribution in [0, 0.1) is 5.92 Å². The molecule has 0 spiro atoms. The predicted octanol–water partition coefficient (Wildman–Crippen LogP) is 2.32. The molecule has 0 aromatic heterocycles.